The second-order valence-corrected chi connectivity index (χ2v) is 5.96. The Kier molecular flexibility index (Phi) is 6.23. The van der Waals surface area contributed by atoms with Gasteiger partial charge in [-0.25, -0.2) is 0 Å². The Morgan fingerprint density at radius 1 is 1.17 bits per heavy atom. The molecule has 0 fully saturated rings. The maximum Gasteiger partial charge on any atom is 0.234 e. The van der Waals surface area contributed by atoms with E-state index >= 15 is 0 Å². The second kappa shape index (κ2) is 8.18. The summed E-state index contributed by atoms with van der Waals surface area (Å²) in [5.74, 6) is 1.01. The number of fused-ring (bicyclic) bond motifs is 1. The van der Waals surface area contributed by atoms with Crippen LogP contribution in [0.15, 0.2) is 42.5 Å². The number of nitrogens with one attached hydrogen (secondary N) is 2. The SMILES string of the molecule is CNCC(=O)NCc1ccc(-c2ccc3c(c2)CC(C)O3)cc1.Cl. The van der Waals surface area contributed by atoms with Gasteiger partial charge in [-0.15, -0.1) is 12.4 Å². The smallest absolute Gasteiger partial charge is 0.234 e. The molecule has 2 N–H and O–H groups in total. The summed E-state index contributed by atoms with van der Waals surface area (Å²) in [6, 6.07) is 14.7. The average molecular weight is 347 g/mol. The van der Waals surface area contributed by atoms with Crippen molar-refractivity contribution in [3.63, 3.8) is 0 Å². The number of halogens is 1. The zero-order valence-corrected chi connectivity index (χ0v) is 14.8. The molecule has 0 bridgehead atoms. The highest BCUT2D eigenvalue weighted by molar-refractivity contribution is 5.85. The van der Waals surface area contributed by atoms with E-state index in [-0.39, 0.29) is 24.4 Å². The quantitative estimate of drug-likeness (QED) is 0.875. The van der Waals surface area contributed by atoms with Gasteiger partial charge in [-0.05, 0) is 48.4 Å². The van der Waals surface area contributed by atoms with Crippen molar-refractivity contribution in [3.05, 3.63) is 53.6 Å². The monoisotopic (exact) mass is 346 g/mol. The van der Waals surface area contributed by atoms with E-state index in [1.54, 1.807) is 7.05 Å². The number of carbonyl (C=O) groups excluding carboxylic acids is 1. The first-order valence-corrected chi connectivity index (χ1v) is 7.96. The van der Waals surface area contributed by atoms with Crippen LogP contribution in [0.4, 0.5) is 0 Å². The minimum absolute atomic E-state index is 0. The van der Waals surface area contributed by atoms with E-state index in [1.807, 2.05) is 0 Å². The molecule has 0 saturated heterocycles. The van der Waals surface area contributed by atoms with Gasteiger partial charge in [-0.3, -0.25) is 4.79 Å². The van der Waals surface area contributed by atoms with Crippen LogP contribution in [0.1, 0.15) is 18.1 Å². The van der Waals surface area contributed by atoms with Gasteiger partial charge in [0, 0.05) is 13.0 Å². The summed E-state index contributed by atoms with van der Waals surface area (Å²) in [6.45, 7) is 2.99. The molecule has 128 valence electrons. The molecule has 0 radical (unpaired) electrons. The molecule has 4 nitrogen and oxygen atoms in total. The molecule has 0 saturated carbocycles. The number of likely N-dealkylation sites (N-methyl/N-ethyl adjacent to an activating group) is 1. The average Bonchev–Trinajstić information content (AvgIpc) is 2.93. The number of benzene rings is 2. The Morgan fingerprint density at radius 2 is 1.88 bits per heavy atom. The molecule has 1 aliphatic heterocycles. The van der Waals surface area contributed by atoms with Crippen LogP contribution >= 0.6 is 12.4 Å². The Bertz CT molecular complexity index is 701. The third-order valence-electron chi connectivity index (χ3n) is 4.01. The summed E-state index contributed by atoms with van der Waals surface area (Å²) in [4.78, 5) is 11.5. The second-order valence-electron chi connectivity index (χ2n) is 5.96. The third-order valence-corrected chi connectivity index (χ3v) is 4.01. The maximum atomic E-state index is 11.5. The first-order chi connectivity index (χ1) is 11.2. The fourth-order valence-electron chi connectivity index (χ4n) is 2.84. The summed E-state index contributed by atoms with van der Waals surface area (Å²) in [5, 5.41) is 5.72. The van der Waals surface area contributed by atoms with Gasteiger partial charge < -0.3 is 15.4 Å². The molecule has 2 aromatic rings. The van der Waals surface area contributed by atoms with Crippen molar-refractivity contribution in [1.82, 2.24) is 10.6 Å². The molecule has 0 aliphatic carbocycles. The summed E-state index contributed by atoms with van der Waals surface area (Å²) in [6.07, 6.45) is 1.24. The zero-order valence-electron chi connectivity index (χ0n) is 14.0. The maximum absolute atomic E-state index is 11.5. The van der Waals surface area contributed by atoms with E-state index in [0.717, 1.165) is 17.7 Å². The van der Waals surface area contributed by atoms with Crippen LogP contribution in [0.2, 0.25) is 0 Å². The molecule has 0 spiro atoms. The van der Waals surface area contributed by atoms with Crippen molar-refractivity contribution in [3.8, 4) is 16.9 Å². The van der Waals surface area contributed by atoms with Crippen LogP contribution in [0, 0.1) is 0 Å². The van der Waals surface area contributed by atoms with Gasteiger partial charge in [-0.1, -0.05) is 30.3 Å². The van der Waals surface area contributed by atoms with Crippen LogP contribution in [0.3, 0.4) is 0 Å². The lowest BCUT2D eigenvalue weighted by Crippen LogP contribution is -2.31. The van der Waals surface area contributed by atoms with Crippen molar-refractivity contribution in [2.24, 2.45) is 0 Å². The molecule has 2 aromatic carbocycles. The predicted octanol–water partition coefficient (Wildman–Crippen LogP) is 2.93. The lowest BCUT2D eigenvalue weighted by atomic mass is 10.00. The fraction of sp³-hybridized carbons (Fsp3) is 0.316. The molecular weight excluding hydrogens is 324 g/mol. The topological polar surface area (TPSA) is 50.4 Å². The van der Waals surface area contributed by atoms with Gasteiger partial charge >= 0.3 is 0 Å². The molecular formula is C19H23ClN2O2. The van der Waals surface area contributed by atoms with E-state index < -0.39 is 0 Å². The van der Waals surface area contributed by atoms with Crippen LogP contribution in [0.5, 0.6) is 5.75 Å². The van der Waals surface area contributed by atoms with Crippen LogP contribution in [-0.4, -0.2) is 25.6 Å². The van der Waals surface area contributed by atoms with Crippen LogP contribution in [-0.2, 0) is 17.8 Å². The zero-order chi connectivity index (χ0) is 16.2. The van der Waals surface area contributed by atoms with Crippen LogP contribution < -0.4 is 15.4 Å². The summed E-state index contributed by atoms with van der Waals surface area (Å²) >= 11 is 0. The standard InChI is InChI=1S/C19H22N2O2.ClH/c1-13-9-17-10-16(7-8-18(17)23-13)15-5-3-14(4-6-15)11-21-19(22)12-20-2;/h3-8,10,13,20H,9,11-12H2,1-2H3,(H,21,22);1H. The summed E-state index contributed by atoms with van der Waals surface area (Å²) < 4.78 is 5.75. The van der Waals surface area contributed by atoms with Gasteiger partial charge in [0.1, 0.15) is 11.9 Å². The van der Waals surface area contributed by atoms with E-state index in [2.05, 4.69) is 60.0 Å². The molecule has 0 aromatic heterocycles. The number of hydrogen-bond acceptors (Lipinski definition) is 3. The summed E-state index contributed by atoms with van der Waals surface area (Å²) in [5.41, 5.74) is 4.75. The van der Waals surface area contributed by atoms with Gasteiger partial charge in [0.15, 0.2) is 0 Å². The largest absolute Gasteiger partial charge is 0.490 e. The molecule has 1 amide bonds. The van der Waals surface area contributed by atoms with Crippen molar-refractivity contribution in [2.75, 3.05) is 13.6 Å². The van der Waals surface area contributed by atoms with E-state index in [9.17, 15) is 4.79 Å². The predicted molar refractivity (Wildman–Crippen MR) is 98.7 cm³/mol. The van der Waals surface area contributed by atoms with E-state index in [1.165, 1.54) is 16.7 Å². The number of ether oxygens (including phenoxy) is 1. The Labute approximate surface area is 149 Å². The number of rotatable bonds is 5. The first kappa shape index (κ1) is 18.3. The molecule has 1 unspecified atom stereocenters. The highest BCUT2D eigenvalue weighted by Gasteiger charge is 2.19. The van der Waals surface area contributed by atoms with Crippen molar-refractivity contribution in [2.45, 2.75) is 26.0 Å². The normalized spacial score (nSPS) is 15.2. The molecule has 1 heterocycles. The van der Waals surface area contributed by atoms with Crippen molar-refractivity contribution < 1.29 is 9.53 Å². The highest BCUT2D eigenvalue weighted by atomic mass is 35.5. The third kappa shape index (κ3) is 4.28. The minimum Gasteiger partial charge on any atom is -0.490 e. The van der Waals surface area contributed by atoms with Gasteiger partial charge in [0.05, 0.1) is 6.54 Å². The number of amides is 1. The Balaban J connectivity index is 0.00000208. The molecule has 1 atom stereocenters. The Morgan fingerprint density at radius 3 is 2.58 bits per heavy atom. The number of carbonyl (C=O) groups is 1. The molecule has 1 aliphatic rings. The minimum atomic E-state index is 0. The lowest BCUT2D eigenvalue weighted by Gasteiger charge is -2.08. The molecule has 3 rings (SSSR count). The van der Waals surface area contributed by atoms with Gasteiger partial charge in [0.25, 0.3) is 0 Å². The van der Waals surface area contributed by atoms with Crippen molar-refractivity contribution >= 4 is 18.3 Å². The highest BCUT2D eigenvalue weighted by Crippen LogP contribution is 2.32. The van der Waals surface area contributed by atoms with E-state index in [0.29, 0.717) is 13.1 Å². The fourth-order valence-corrected chi connectivity index (χ4v) is 2.84. The summed E-state index contributed by atoms with van der Waals surface area (Å²) in [7, 11) is 1.76. The van der Waals surface area contributed by atoms with Crippen molar-refractivity contribution in [1.29, 1.82) is 0 Å². The van der Waals surface area contributed by atoms with Gasteiger partial charge in [0.2, 0.25) is 5.91 Å². The number of hydrogen-bond donors (Lipinski definition) is 2. The molecule has 5 heteroatoms. The van der Waals surface area contributed by atoms with Gasteiger partial charge in [-0.2, -0.15) is 0 Å². The van der Waals surface area contributed by atoms with Crippen LogP contribution in [0.25, 0.3) is 11.1 Å². The first-order valence-electron chi connectivity index (χ1n) is 7.96. The van der Waals surface area contributed by atoms with E-state index in [4.69, 9.17) is 4.74 Å². The molecule has 24 heavy (non-hydrogen) atoms. The Hall–Kier alpha value is -2.04. The lowest BCUT2D eigenvalue weighted by molar-refractivity contribution is -0.120.